The molecule has 0 unspecified atom stereocenters. The van der Waals surface area contributed by atoms with Crippen LogP contribution < -0.4 is 16.0 Å². The molecule has 2 saturated heterocycles. The Labute approximate surface area is 230 Å². The van der Waals surface area contributed by atoms with E-state index in [9.17, 15) is 45.2 Å². The third-order valence-electron chi connectivity index (χ3n) is 7.80. The van der Waals surface area contributed by atoms with Crippen LogP contribution >= 0.6 is 0 Å². The second kappa shape index (κ2) is 11.6. The minimum Gasteiger partial charge on any atom is -0.356 e. The number of hydrogen-bond donors (Lipinski definition) is 3. The maximum absolute atomic E-state index is 14.5. The molecule has 0 spiro atoms. The maximum atomic E-state index is 14.5. The summed E-state index contributed by atoms with van der Waals surface area (Å²) in [5.74, 6) is -5.25. The minimum atomic E-state index is -5.22. The highest BCUT2D eigenvalue weighted by atomic mass is 32.2. The molecule has 3 rings (SSSR count). The molecule has 1 aliphatic carbocycles. The summed E-state index contributed by atoms with van der Waals surface area (Å²) < 4.78 is 77.1. The first-order valence-corrected chi connectivity index (χ1v) is 15.0. The number of carbonyl (C=O) groups excluding carboxylic acids is 4. The lowest BCUT2D eigenvalue weighted by atomic mass is 9.85. The number of sulfone groups is 1. The molecule has 40 heavy (non-hydrogen) atoms. The van der Waals surface area contributed by atoms with Crippen molar-refractivity contribution in [3.05, 3.63) is 11.2 Å². The Bertz CT molecular complexity index is 1170. The Balaban J connectivity index is 1.91. The first-order valence-electron chi connectivity index (χ1n) is 13.1. The van der Waals surface area contributed by atoms with Gasteiger partial charge >= 0.3 is 12.1 Å². The van der Waals surface area contributed by atoms with Crippen LogP contribution in [0.3, 0.4) is 0 Å². The topological polar surface area (TPSA) is 142 Å². The predicted octanol–water partition coefficient (Wildman–Crippen LogP) is 1.57. The van der Waals surface area contributed by atoms with Gasteiger partial charge in [0.1, 0.15) is 12.1 Å². The highest BCUT2D eigenvalue weighted by molar-refractivity contribution is 7.94. The summed E-state index contributed by atoms with van der Waals surface area (Å²) in [6, 6.07) is -3.95. The molecule has 3 N–H and O–H groups in total. The molecule has 3 fully saturated rings. The van der Waals surface area contributed by atoms with Crippen molar-refractivity contribution in [2.45, 2.75) is 77.2 Å². The van der Waals surface area contributed by atoms with E-state index in [1.165, 1.54) is 25.7 Å². The SMILES string of the molecule is CC(C)(C)[C@H](NC(=O)C(F)(F)F)C(=O)N1C[C@@H]2CCC[C@@H]2[C@H]1C(=O)N[C@H](/C=C(/F)S(C)(=O)=O)C[C@@H]1CCNC1=O. The molecule has 0 radical (unpaired) electrons. The molecule has 0 aromatic rings. The summed E-state index contributed by atoms with van der Waals surface area (Å²) >= 11 is 0. The normalized spacial score (nSPS) is 27.1. The molecular formula is C25H36F4N4O6S. The van der Waals surface area contributed by atoms with Crippen molar-refractivity contribution in [1.82, 2.24) is 20.9 Å². The smallest absolute Gasteiger partial charge is 0.356 e. The Morgan fingerprint density at radius 1 is 1.12 bits per heavy atom. The van der Waals surface area contributed by atoms with Gasteiger partial charge in [0, 0.05) is 25.3 Å². The third-order valence-corrected chi connectivity index (χ3v) is 8.65. The molecule has 2 heterocycles. The monoisotopic (exact) mass is 596 g/mol. The van der Waals surface area contributed by atoms with E-state index in [2.05, 4.69) is 10.6 Å². The lowest BCUT2D eigenvalue weighted by molar-refractivity contribution is -0.176. The summed E-state index contributed by atoms with van der Waals surface area (Å²) in [7, 11) is -4.24. The second-order valence-electron chi connectivity index (χ2n) is 11.9. The first-order chi connectivity index (χ1) is 18.3. The lowest BCUT2D eigenvalue weighted by Crippen LogP contribution is -2.60. The summed E-state index contributed by atoms with van der Waals surface area (Å²) in [4.78, 5) is 52.4. The fourth-order valence-corrected chi connectivity index (χ4v) is 6.20. The van der Waals surface area contributed by atoms with Crippen LogP contribution in [0, 0.1) is 23.2 Å². The summed E-state index contributed by atoms with van der Waals surface area (Å²) in [6.07, 6.45) is -1.55. The van der Waals surface area contributed by atoms with Gasteiger partial charge in [-0.05, 0) is 49.0 Å². The molecule has 226 valence electrons. The molecule has 6 atom stereocenters. The van der Waals surface area contributed by atoms with Crippen molar-refractivity contribution < 1.29 is 45.2 Å². The van der Waals surface area contributed by atoms with Gasteiger partial charge in [-0.15, -0.1) is 0 Å². The van der Waals surface area contributed by atoms with Gasteiger partial charge in [-0.3, -0.25) is 19.2 Å². The molecule has 10 nitrogen and oxygen atoms in total. The number of halogens is 4. The van der Waals surface area contributed by atoms with E-state index < -0.39 is 68.4 Å². The summed E-state index contributed by atoms with van der Waals surface area (Å²) in [6.45, 7) is 4.91. The van der Waals surface area contributed by atoms with Gasteiger partial charge < -0.3 is 20.9 Å². The van der Waals surface area contributed by atoms with E-state index in [-0.39, 0.29) is 30.7 Å². The number of likely N-dealkylation sites (tertiary alicyclic amines) is 1. The predicted molar refractivity (Wildman–Crippen MR) is 135 cm³/mol. The quantitative estimate of drug-likeness (QED) is 0.364. The fourth-order valence-electron chi connectivity index (χ4n) is 5.79. The fraction of sp³-hybridized carbons (Fsp3) is 0.760. The molecule has 0 aromatic heterocycles. The molecule has 3 aliphatic rings. The van der Waals surface area contributed by atoms with Crippen LogP contribution in [0.2, 0.25) is 0 Å². The van der Waals surface area contributed by atoms with Gasteiger partial charge in [-0.25, -0.2) is 8.42 Å². The Morgan fingerprint density at radius 3 is 2.30 bits per heavy atom. The van der Waals surface area contributed by atoms with Crippen LogP contribution in [0.25, 0.3) is 0 Å². The minimum absolute atomic E-state index is 0.0826. The molecule has 1 saturated carbocycles. The lowest BCUT2D eigenvalue weighted by Gasteiger charge is -2.36. The largest absolute Gasteiger partial charge is 0.471 e. The Kier molecular flexibility index (Phi) is 9.26. The van der Waals surface area contributed by atoms with Crippen LogP contribution in [0.1, 0.15) is 52.9 Å². The molecular weight excluding hydrogens is 560 g/mol. The van der Waals surface area contributed by atoms with Gasteiger partial charge in [0.2, 0.25) is 32.7 Å². The second-order valence-corrected chi connectivity index (χ2v) is 13.9. The zero-order chi connectivity index (χ0) is 30.2. The van der Waals surface area contributed by atoms with E-state index in [4.69, 9.17) is 0 Å². The molecule has 2 aliphatic heterocycles. The number of nitrogens with one attached hydrogen (secondary N) is 3. The molecule has 15 heteroatoms. The molecule has 0 bridgehead atoms. The van der Waals surface area contributed by atoms with E-state index in [1.54, 1.807) is 5.32 Å². The van der Waals surface area contributed by atoms with Crippen molar-refractivity contribution >= 4 is 33.5 Å². The summed E-state index contributed by atoms with van der Waals surface area (Å²) in [5, 5.41) is 5.50. The standard InChI is InChI=1S/C25H36F4N4O6S/c1-24(2,3)19(32-23(37)25(27,28)29)22(36)33-12-14-6-5-7-16(14)18(33)21(35)31-15(11-17(26)40(4,38)39)10-13-8-9-30-20(13)34/h11,13-16,18-19H,5-10,12H2,1-4H3,(H,30,34)(H,31,35)(H,32,37)/b17-11-/t13-,14-,15-,16-,18-,19+/m0/s1. The number of fused-ring (bicyclic) bond motifs is 1. The highest BCUT2D eigenvalue weighted by Gasteiger charge is 2.53. The van der Waals surface area contributed by atoms with Gasteiger partial charge in [0.25, 0.3) is 0 Å². The number of hydrogen-bond acceptors (Lipinski definition) is 6. The van der Waals surface area contributed by atoms with Crippen molar-refractivity contribution in [2.24, 2.45) is 23.2 Å². The zero-order valence-corrected chi connectivity index (χ0v) is 23.6. The van der Waals surface area contributed by atoms with Crippen LogP contribution in [-0.2, 0) is 29.0 Å². The van der Waals surface area contributed by atoms with Gasteiger partial charge in [0.15, 0.2) is 0 Å². The third kappa shape index (κ3) is 7.32. The van der Waals surface area contributed by atoms with Crippen molar-refractivity contribution in [3.8, 4) is 0 Å². The van der Waals surface area contributed by atoms with Crippen LogP contribution in [0.5, 0.6) is 0 Å². The maximum Gasteiger partial charge on any atom is 0.471 e. The first kappa shape index (κ1) is 31.8. The van der Waals surface area contributed by atoms with Crippen LogP contribution in [0.15, 0.2) is 11.2 Å². The average molecular weight is 597 g/mol. The van der Waals surface area contributed by atoms with Gasteiger partial charge in [-0.1, -0.05) is 27.2 Å². The highest BCUT2D eigenvalue weighted by Crippen LogP contribution is 2.43. The van der Waals surface area contributed by atoms with E-state index in [0.29, 0.717) is 38.1 Å². The summed E-state index contributed by atoms with van der Waals surface area (Å²) in [5.41, 5.74) is -1.14. The zero-order valence-electron chi connectivity index (χ0n) is 22.8. The molecule has 0 aromatic carbocycles. The van der Waals surface area contributed by atoms with Crippen LogP contribution in [-0.4, -0.2) is 80.6 Å². The van der Waals surface area contributed by atoms with Crippen molar-refractivity contribution in [1.29, 1.82) is 0 Å². The number of rotatable bonds is 8. The number of amides is 4. The van der Waals surface area contributed by atoms with E-state index >= 15 is 0 Å². The van der Waals surface area contributed by atoms with Crippen molar-refractivity contribution in [2.75, 3.05) is 19.3 Å². The van der Waals surface area contributed by atoms with Crippen molar-refractivity contribution in [3.63, 3.8) is 0 Å². The number of nitrogens with zero attached hydrogens (tertiary/aromatic N) is 1. The van der Waals surface area contributed by atoms with Gasteiger partial charge in [0.05, 0.1) is 6.04 Å². The van der Waals surface area contributed by atoms with E-state index in [1.807, 2.05) is 0 Å². The average Bonchev–Trinajstić information content (AvgIpc) is 3.50. The Hall–Kier alpha value is -2.71. The Morgan fingerprint density at radius 2 is 1.77 bits per heavy atom. The molecule has 4 amide bonds. The number of carbonyl (C=O) groups is 4. The van der Waals surface area contributed by atoms with E-state index in [0.717, 1.165) is 6.42 Å². The van der Waals surface area contributed by atoms with Gasteiger partial charge in [-0.2, -0.15) is 17.6 Å². The van der Waals surface area contributed by atoms with Crippen LogP contribution in [0.4, 0.5) is 17.6 Å². The number of alkyl halides is 3.